The first-order valence-electron chi connectivity index (χ1n) is 5.03. The maximum atomic E-state index is 12.5. The summed E-state index contributed by atoms with van der Waals surface area (Å²) in [5.41, 5.74) is -0.193. The predicted octanol–water partition coefficient (Wildman–Crippen LogP) is 2.71. The average Bonchev–Trinajstić information content (AvgIpc) is 2.30. The third kappa shape index (κ3) is 3.60. The van der Waals surface area contributed by atoms with Crippen LogP contribution in [0.4, 0.5) is 18.9 Å². The van der Waals surface area contributed by atoms with Crippen LogP contribution in [0.5, 0.6) is 0 Å². The molecule has 0 fully saturated rings. The molecule has 1 aromatic rings. The van der Waals surface area contributed by atoms with Crippen LogP contribution in [-0.4, -0.2) is 29.2 Å². The molecule has 0 saturated carbocycles. The molecule has 4 nitrogen and oxygen atoms in total. The zero-order chi connectivity index (χ0) is 14.8. The molecule has 0 aliphatic rings. The summed E-state index contributed by atoms with van der Waals surface area (Å²) < 4.78 is 37.4. The van der Waals surface area contributed by atoms with Crippen molar-refractivity contribution in [3.8, 4) is 0 Å². The van der Waals surface area contributed by atoms with Gasteiger partial charge in [0.05, 0.1) is 0 Å². The van der Waals surface area contributed by atoms with Crippen LogP contribution < -0.4 is 4.90 Å². The van der Waals surface area contributed by atoms with Crippen molar-refractivity contribution in [3.05, 3.63) is 29.3 Å². The lowest BCUT2D eigenvalue weighted by Crippen LogP contribution is -2.49. The minimum Gasteiger partial charge on any atom is -0.480 e. The molecule has 1 atom stereocenters. The molecule has 0 aromatic heterocycles. The molecule has 0 unspecified atom stereocenters. The molecule has 0 spiro atoms. The summed E-state index contributed by atoms with van der Waals surface area (Å²) in [6.45, 7) is 0.987. The monoisotopic (exact) mass is 295 g/mol. The molecule has 0 heterocycles. The first kappa shape index (κ1) is 15.3. The number of carbonyl (C=O) groups is 2. The Morgan fingerprint density at radius 3 is 2.11 bits per heavy atom. The fourth-order valence-corrected chi connectivity index (χ4v) is 1.49. The number of nitrogens with zero attached hydrogens (tertiary/aromatic N) is 1. The molecular formula is C11H9ClF3NO3. The number of amides is 1. The number of carboxylic acid groups (broad SMARTS) is 1. The van der Waals surface area contributed by atoms with Gasteiger partial charge in [-0.1, -0.05) is 11.6 Å². The van der Waals surface area contributed by atoms with E-state index in [2.05, 4.69) is 0 Å². The van der Waals surface area contributed by atoms with Crippen molar-refractivity contribution in [2.45, 2.75) is 19.1 Å². The van der Waals surface area contributed by atoms with Crippen LogP contribution in [0.1, 0.15) is 6.92 Å². The van der Waals surface area contributed by atoms with E-state index in [0.29, 0.717) is 0 Å². The summed E-state index contributed by atoms with van der Waals surface area (Å²) in [6, 6.07) is 3.16. The molecule has 0 bridgehead atoms. The zero-order valence-corrected chi connectivity index (χ0v) is 10.4. The normalized spacial score (nSPS) is 12.9. The molecule has 1 N–H and O–H groups in total. The molecule has 0 aliphatic heterocycles. The van der Waals surface area contributed by atoms with Crippen LogP contribution in [0.2, 0.25) is 5.02 Å². The Balaban J connectivity index is 3.24. The molecule has 0 saturated heterocycles. The molecule has 1 amide bonds. The lowest BCUT2D eigenvalue weighted by molar-refractivity contribution is -0.171. The third-order valence-electron chi connectivity index (χ3n) is 2.31. The van der Waals surface area contributed by atoms with Crippen molar-refractivity contribution >= 4 is 29.2 Å². The quantitative estimate of drug-likeness (QED) is 0.933. The number of anilines is 1. The molecule has 104 valence electrons. The number of hydrogen-bond donors (Lipinski definition) is 1. The minimum absolute atomic E-state index is 0.165. The maximum absolute atomic E-state index is 12.5. The van der Waals surface area contributed by atoms with Gasteiger partial charge in [0, 0.05) is 10.7 Å². The van der Waals surface area contributed by atoms with E-state index >= 15 is 0 Å². The fourth-order valence-electron chi connectivity index (χ4n) is 1.37. The van der Waals surface area contributed by atoms with Crippen LogP contribution in [-0.2, 0) is 9.59 Å². The Morgan fingerprint density at radius 1 is 1.26 bits per heavy atom. The van der Waals surface area contributed by atoms with E-state index < -0.39 is 24.1 Å². The van der Waals surface area contributed by atoms with Gasteiger partial charge in [0.15, 0.2) is 0 Å². The van der Waals surface area contributed by atoms with Crippen molar-refractivity contribution in [2.75, 3.05) is 4.90 Å². The molecule has 1 aromatic carbocycles. The Bertz CT molecular complexity index is 487. The second-order valence-electron chi connectivity index (χ2n) is 3.66. The Labute approximate surface area is 111 Å². The van der Waals surface area contributed by atoms with Gasteiger partial charge in [-0.2, -0.15) is 13.2 Å². The molecule has 0 radical (unpaired) electrons. The highest BCUT2D eigenvalue weighted by Gasteiger charge is 2.45. The first-order valence-corrected chi connectivity index (χ1v) is 5.41. The van der Waals surface area contributed by atoms with Gasteiger partial charge in [0.2, 0.25) is 0 Å². The second kappa shape index (κ2) is 5.48. The van der Waals surface area contributed by atoms with Crippen molar-refractivity contribution in [3.63, 3.8) is 0 Å². The van der Waals surface area contributed by atoms with Crippen molar-refractivity contribution in [1.82, 2.24) is 0 Å². The van der Waals surface area contributed by atoms with E-state index in [1.165, 1.54) is 12.1 Å². The van der Waals surface area contributed by atoms with Gasteiger partial charge < -0.3 is 5.11 Å². The lowest BCUT2D eigenvalue weighted by atomic mass is 10.2. The fraction of sp³-hybridized carbons (Fsp3) is 0.273. The number of rotatable bonds is 3. The van der Waals surface area contributed by atoms with E-state index in [4.69, 9.17) is 16.7 Å². The van der Waals surface area contributed by atoms with Gasteiger partial charge in [-0.3, -0.25) is 9.69 Å². The SMILES string of the molecule is C[C@@H](C(=O)O)N(C(=O)C(F)(F)F)c1ccc(Cl)cc1. The number of carbonyl (C=O) groups excluding carboxylic acids is 1. The highest BCUT2D eigenvalue weighted by molar-refractivity contribution is 6.30. The topological polar surface area (TPSA) is 57.6 Å². The molecule has 0 aliphatic carbocycles. The second-order valence-corrected chi connectivity index (χ2v) is 4.10. The van der Waals surface area contributed by atoms with Gasteiger partial charge >= 0.3 is 18.1 Å². The number of benzene rings is 1. The zero-order valence-electron chi connectivity index (χ0n) is 9.61. The van der Waals surface area contributed by atoms with Crippen LogP contribution in [0.15, 0.2) is 24.3 Å². The Morgan fingerprint density at radius 2 is 1.74 bits per heavy atom. The summed E-state index contributed by atoms with van der Waals surface area (Å²) in [5.74, 6) is -3.79. The van der Waals surface area contributed by atoms with Gasteiger partial charge in [-0.25, -0.2) is 4.79 Å². The van der Waals surface area contributed by atoms with Gasteiger partial charge in [0.25, 0.3) is 0 Å². The van der Waals surface area contributed by atoms with E-state index in [1.54, 1.807) is 0 Å². The summed E-state index contributed by atoms with van der Waals surface area (Å²) in [5, 5.41) is 9.05. The standard InChI is InChI=1S/C11H9ClF3NO3/c1-6(9(17)18)16(10(19)11(13,14)15)8-4-2-7(12)3-5-8/h2-6H,1H3,(H,17,18)/t6-/m0/s1. The summed E-state index contributed by atoms with van der Waals surface area (Å²) in [4.78, 5) is 22.3. The highest BCUT2D eigenvalue weighted by Crippen LogP contribution is 2.26. The van der Waals surface area contributed by atoms with E-state index in [0.717, 1.165) is 19.1 Å². The average molecular weight is 296 g/mol. The van der Waals surface area contributed by atoms with Crippen LogP contribution in [0.25, 0.3) is 0 Å². The van der Waals surface area contributed by atoms with Crippen molar-refractivity contribution in [2.24, 2.45) is 0 Å². The Kier molecular flexibility index (Phi) is 4.41. The van der Waals surface area contributed by atoms with Gasteiger partial charge in [-0.15, -0.1) is 0 Å². The van der Waals surface area contributed by atoms with Gasteiger partial charge in [-0.05, 0) is 31.2 Å². The molecular weight excluding hydrogens is 287 g/mol. The largest absolute Gasteiger partial charge is 0.480 e. The molecule has 1 rings (SSSR count). The number of hydrogen-bond acceptors (Lipinski definition) is 2. The number of alkyl halides is 3. The van der Waals surface area contributed by atoms with Gasteiger partial charge in [0.1, 0.15) is 6.04 Å². The number of halogens is 4. The third-order valence-corrected chi connectivity index (χ3v) is 2.56. The van der Waals surface area contributed by atoms with E-state index in [9.17, 15) is 22.8 Å². The highest BCUT2D eigenvalue weighted by atomic mass is 35.5. The van der Waals surface area contributed by atoms with Crippen LogP contribution >= 0.6 is 11.6 Å². The predicted molar refractivity (Wildman–Crippen MR) is 62.1 cm³/mol. The summed E-state index contributed by atoms with van der Waals surface area (Å²) >= 11 is 5.59. The van der Waals surface area contributed by atoms with Crippen LogP contribution in [0, 0.1) is 0 Å². The minimum atomic E-state index is -5.16. The van der Waals surface area contributed by atoms with E-state index in [1.807, 2.05) is 0 Å². The van der Waals surface area contributed by atoms with Crippen molar-refractivity contribution in [1.29, 1.82) is 0 Å². The lowest BCUT2D eigenvalue weighted by Gasteiger charge is -2.27. The van der Waals surface area contributed by atoms with Crippen LogP contribution in [0.3, 0.4) is 0 Å². The molecule has 8 heteroatoms. The first-order chi connectivity index (χ1) is 8.64. The number of aliphatic carboxylic acids is 1. The van der Waals surface area contributed by atoms with Crippen molar-refractivity contribution < 1.29 is 27.9 Å². The molecule has 19 heavy (non-hydrogen) atoms. The van der Waals surface area contributed by atoms with E-state index in [-0.39, 0.29) is 15.6 Å². The number of carboxylic acids is 1. The summed E-state index contributed by atoms with van der Waals surface area (Å²) in [7, 11) is 0. The Hall–Kier alpha value is -1.76. The summed E-state index contributed by atoms with van der Waals surface area (Å²) in [6.07, 6.45) is -5.16. The maximum Gasteiger partial charge on any atom is 0.471 e. The smallest absolute Gasteiger partial charge is 0.471 e.